The monoisotopic (exact) mass is 330 g/mol. The molecule has 0 heterocycles. The summed E-state index contributed by atoms with van der Waals surface area (Å²) in [4.78, 5) is 0. The van der Waals surface area contributed by atoms with Gasteiger partial charge in [0.1, 0.15) is 0 Å². The van der Waals surface area contributed by atoms with Crippen molar-refractivity contribution in [3.8, 4) is 0 Å². The Morgan fingerprint density at radius 2 is 2.00 bits per heavy atom. The summed E-state index contributed by atoms with van der Waals surface area (Å²) in [7, 11) is 0. The molecule has 0 aliphatic heterocycles. The average Bonchev–Trinajstić information content (AvgIpc) is 2.34. The van der Waals surface area contributed by atoms with E-state index in [0.29, 0.717) is 12.3 Å². The molecule has 0 saturated heterocycles. The number of aliphatic hydroxyl groups is 1. The van der Waals surface area contributed by atoms with Crippen molar-refractivity contribution in [1.82, 2.24) is 0 Å². The van der Waals surface area contributed by atoms with Crippen LogP contribution >= 0.6 is 27.5 Å². The van der Waals surface area contributed by atoms with Crippen LogP contribution in [0.25, 0.3) is 0 Å². The summed E-state index contributed by atoms with van der Waals surface area (Å²) in [5.74, 6) is 0.408. The van der Waals surface area contributed by atoms with Gasteiger partial charge in [0.2, 0.25) is 0 Å². The second-order valence-electron chi connectivity index (χ2n) is 5.60. The van der Waals surface area contributed by atoms with Gasteiger partial charge in [0.25, 0.3) is 0 Å². The Balaban J connectivity index is 2.10. The first-order valence-corrected chi connectivity index (χ1v) is 7.82. The van der Waals surface area contributed by atoms with Crippen molar-refractivity contribution in [1.29, 1.82) is 0 Å². The maximum Gasteiger partial charge on any atom is 0.0688 e. The lowest BCUT2D eigenvalue weighted by Gasteiger charge is -2.36. The highest BCUT2D eigenvalue weighted by Gasteiger charge is 2.33. The summed E-state index contributed by atoms with van der Waals surface area (Å²) in [6.45, 7) is 1.96. The third kappa shape index (κ3) is 3.49. The Kier molecular flexibility index (Phi) is 4.74. The molecule has 1 aromatic carbocycles. The van der Waals surface area contributed by atoms with Crippen LogP contribution < -0.4 is 0 Å². The van der Waals surface area contributed by atoms with Gasteiger partial charge in [-0.15, -0.1) is 0 Å². The summed E-state index contributed by atoms with van der Waals surface area (Å²) in [6.07, 6.45) is 6.72. The molecular weight excluding hydrogens is 312 g/mol. The Morgan fingerprint density at radius 1 is 1.33 bits per heavy atom. The number of benzene rings is 1. The van der Waals surface area contributed by atoms with Crippen LogP contribution in [-0.2, 0) is 6.42 Å². The highest BCUT2D eigenvalue weighted by atomic mass is 79.9. The first-order chi connectivity index (χ1) is 8.49. The highest BCUT2D eigenvalue weighted by Crippen LogP contribution is 2.36. The predicted octanol–water partition coefficient (Wildman–Crippen LogP) is 4.98. The Labute approximate surface area is 123 Å². The number of halogens is 2. The summed E-state index contributed by atoms with van der Waals surface area (Å²) < 4.78 is 0.980. The maximum atomic E-state index is 10.7. The lowest BCUT2D eigenvalue weighted by atomic mass is 9.75. The predicted molar refractivity (Wildman–Crippen MR) is 80.1 cm³/mol. The largest absolute Gasteiger partial charge is 0.390 e. The van der Waals surface area contributed by atoms with Crippen molar-refractivity contribution in [2.24, 2.45) is 5.92 Å². The number of hydrogen-bond acceptors (Lipinski definition) is 1. The van der Waals surface area contributed by atoms with E-state index in [9.17, 15) is 5.11 Å². The molecule has 1 nitrogen and oxygen atoms in total. The van der Waals surface area contributed by atoms with E-state index in [1.807, 2.05) is 25.1 Å². The Morgan fingerprint density at radius 3 is 2.61 bits per heavy atom. The molecule has 1 unspecified atom stereocenters. The lowest BCUT2D eigenvalue weighted by Crippen LogP contribution is -2.38. The first-order valence-electron chi connectivity index (χ1n) is 6.65. The van der Waals surface area contributed by atoms with Crippen LogP contribution in [-0.4, -0.2) is 10.7 Å². The Hall–Kier alpha value is -0.0500. The number of rotatable bonds is 3. The van der Waals surface area contributed by atoms with E-state index in [0.717, 1.165) is 27.9 Å². The van der Waals surface area contributed by atoms with E-state index in [-0.39, 0.29) is 0 Å². The summed E-state index contributed by atoms with van der Waals surface area (Å²) in [5.41, 5.74) is 0.396. The third-order valence-corrected chi connectivity index (χ3v) is 4.89. The zero-order chi connectivity index (χ0) is 13.2. The van der Waals surface area contributed by atoms with Gasteiger partial charge in [-0.3, -0.25) is 0 Å². The van der Waals surface area contributed by atoms with Crippen molar-refractivity contribution in [3.63, 3.8) is 0 Å². The summed E-state index contributed by atoms with van der Waals surface area (Å²) in [5, 5.41) is 11.5. The van der Waals surface area contributed by atoms with Gasteiger partial charge in [-0.2, -0.15) is 0 Å². The molecule has 0 radical (unpaired) electrons. The van der Waals surface area contributed by atoms with Gasteiger partial charge < -0.3 is 5.11 Å². The molecule has 100 valence electrons. The van der Waals surface area contributed by atoms with Crippen LogP contribution in [0, 0.1) is 5.92 Å². The SMILES string of the molecule is CC(O)(Cc1ccc(Br)cc1Cl)C1CCCCC1. The van der Waals surface area contributed by atoms with E-state index >= 15 is 0 Å². The molecule has 3 heteroatoms. The second-order valence-corrected chi connectivity index (χ2v) is 6.93. The minimum Gasteiger partial charge on any atom is -0.390 e. The lowest BCUT2D eigenvalue weighted by molar-refractivity contribution is -0.0159. The molecule has 1 fully saturated rings. The molecular formula is C15H20BrClO. The standard InChI is InChI=1S/C15H20BrClO/c1-15(18,12-5-3-2-4-6-12)10-11-7-8-13(16)9-14(11)17/h7-9,12,18H,2-6,10H2,1H3. The van der Waals surface area contributed by atoms with Crippen molar-refractivity contribution < 1.29 is 5.11 Å². The molecule has 1 atom stereocenters. The molecule has 0 amide bonds. The molecule has 1 aliphatic carbocycles. The minimum atomic E-state index is -0.641. The topological polar surface area (TPSA) is 20.2 Å². The van der Waals surface area contributed by atoms with E-state index in [1.165, 1.54) is 19.3 Å². The molecule has 2 rings (SSSR count). The normalized spacial score (nSPS) is 20.7. The summed E-state index contributed by atoms with van der Waals surface area (Å²) in [6, 6.07) is 5.88. The van der Waals surface area contributed by atoms with E-state index < -0.39 is 5.60 Å². The van der Waals surface area contributed by atoms with Crippen LogP contribution in [0.3, 0.4) is 0 Å². The molecule has 0 aromatic heterocycles. The first kappa shape index (κ1) is 14.4. The molecule has 18 heavy (non-hydrogen) atoms. The molecule has 0 bridgehead atoms. The molecule has 1 aromatic rings. The fourth-order valence-electron chi connectivity index (χ4n) is 2.92. The maximum absolute atomic E-state index is 10.7. The van der Waals surface area contributed by atoms with Gasteiger partial charge in [-0.1, -0.05) is 52.9 Å². The second kappa shape index (κ2) is 5.94. The summed E-state index contributed by atoms with van der Waals surface area (Å²) >= 11 is 9.64. The zero-order valence-electron chi connectivity index (χ0n) is 10.8. The molecule has 1 aliphatic rings. The van der Waals surface area contributed by atoms with E-state index in [1.54, 1.807) is 0 Å². The molecule has 1 saturated carbocycles. The Bertz CT molecular complexity index is 411. The zero-order valence-corrected chi connectivity index (χ0v) is 13.1. The minimum absolute atomic E-state index is 0.408. The van der Waals surface area contributed by atoms with E-state index in [4.69, 9.17) is 11.6 Å². The van der Waals surface area contributed by atoms with Crippen molar-refractivity contribution >= 4 is 27.5 Å². The van der Waals surface area contributed by atoms with Gasteiger partial charge in [0.15, 0.2) is 0 Å². The van der Waals surface area contributed by atoms with Crippen LogP contribution in [0.4, 0.5) is 0 Å². The van der Waals surface area contributed by atoms with Crippen LogP contribution in [0.1, 0.15) is 44.6 Å². The highest BCUT2D eigenvalue weighted by molar-refractivity contribution is 9.10. The number of hydrogen-bond donors (Lipinski definition) is 1. The average molecular weight is 332 g/mol. The quantitative estimate of drug-likeness (QED) is 0.828. The third-order valence-electron chi connectivity index (χ3n) is 4.05. The van der Waals surface area contributed by atoms with Gasteiger partial charge in [0, 0.05) is 15.9 Å². The fourth-order valence-corrected chi connectivity index (χ4v) is 3.66. The van der Waals surface area contributed by atoms with Gasteiger partial charge in [0.05, 0.1) is 5.60 Å². The molecule has 0 spiro atoms. The van der Waals surface area contributed by atoms with Crippen LogP contribution in [0.15, 0.2) is 22.7 Å². The van der Waals surface area contributed by atoms with Gasteiger partial charge in [-0.25, -0.2) is 0 Å². The van der Waals surface area contributed by atoms with Crippen LogP contribution in [0.2, 0.25) is 5.02 Å². The van der Waals surface area contributed by atoms with Crippen molar-refractivity contribution in [3.05, 3.63) is 33.3 Å². The van der Waals surface area contributed by atoms with Gasteiger partial charge in [-0.05, 0) is 43.4 Å². The van der Waals surface area contributed by atoms with Gasteiger partial charge >= 0.3 is 0 Å². The molecule has 1 N–H and O–H groups in total. The smallest absolute Gasteiger partial charge is 0.0688 e. The van der Waals surface area contributed by atoms with Crippen molar-refractivity contribution in [2.75, 3.05) is 0 Å². The van der Waals surface area contributed by atoms with Crippen LogP contribution in [0.5, 0.6) is 0 Å². The fraction of sp³-hybridized carbons (Fsp3) is 0.600. The van der Waals surface area contributed by atoms with E-state index in [2.05, 4.69) is 15.9 Å². The van der Waals surface area contributed by atoms with Crippen molar-refractivity contribution in [2.45, 2.75) is 51.0 Å².